The topological polar surface area (TPSA) is 33.2 Å². The van der Waals surface area contributed by atoms with E-state index in [1.54, 1.807) is 12.1 Å². The van der Waals surface area contributed by atoms with Gasteiger partial charge in [-0.1, -0.05) is 0 Å². The summed E-state index contributed by atoms with van der Waals surface area (Å²) in [5, 5.41) is 2.74. The highest BCUT2D eigenvalue weighted by Crippen LogP contribution is 2.24. The molecule has 1 aromatic carbocycles. The molecule has 104 valence electrons. The van der Waals surface area contributed by atoms with Crippen LogP contribution in [-0.4, -0.2) is 28.9 Å². The Bertz CT molecular complexity index is 603. The minimum absolute atomic E-state index is 0.151. The molecule has 0 aliphatic carbocycles. The Labute approximate surface area is 121 Å². The van der Waals surface area contributed by atoms with Crippen LogP contribution in [0.4, 0.5) is 4.39 Å². The number of carbonyl (C=O) groups is 1. The molecule has 0 bridgehead atoms. The van der Waals surface area contributed by atoms with Crippen LogP contribution in [0, 0.1) is 5.82 Å². The van der Waals surface area contributed by atoms with Gasteiger partial charge < -0.3 is 4.90 Å². The van der Waals surface area contributed by atoms with Crippen molar-refractivity contribution in [2.75, 3.05) is 13.1 Å². The van der Waals surface area contributed by atoms with Crippen LogP contribution in [0.5, 0.6) is 0 Å². The van der Waals surface area contributed by atoms with Gasteiger partial charge in [-0.3, -0.25) is 4.79 Å². The Morgan fingerprint density at radius 1 is 1.25 bits per heavy atom. The molecule has 0 N–H and O–H groups in total. The summed E-state index contributed by atoms with van der Waals surface area (Å²) in [5.74, 6) is -0.104. The summed E-state index contributed by atoms with van der Waals surface area (Å²) in [4.78, 5) is 18.4. The first-order valence-corrected chi connectivity index (χ1v) is 7.58. The Morgan fingerprint density at radius 3 is 2.65 bits per heavy atom. The normalized spacial score (nSPS) is 14.8. The largest absolute Gasteiger partial charge is 0.342 e. The zero-order valence-electron chi connectivity index (χ0n) is 11.0. The average molecular weight is 290 g/mol. The molecule has 1 fully saturated rings. The van der Waals surface area contributed by atoms with Crippen molar-refractivity contribution in [1.29, 1.82) is 0 Å². The van der Waals surface area contributed by atoms with Gasteiger partial charge in [0.2, 0.25) is 5.91 Å². The van der Waals surface area contributed by atoms with Crippen molar-refractivity contribution in [3.05, 3.63) is 41.2 Å². The number of benzene rings is 1. The van der Waals surface area contributed by atoms with Gasteiger partial charge in [0, 0.05) is 24.0 Å². The van der Waals surface area contributed by atoms with Crippen LogP contribution in [0.2, 0.25) is 0 Å². The summed E-state index contributed by atoms with van der Waals surface area (Å²) in [6.07, 6.45) is 2.56. The fraction of sp³-hybridized carbons (Fsp3) is 0.333. The summed E-state index contributed by atoms with van der Waals surface area (Å²) < 4.78 is 12.9. The zero-order chi connectivity index (χ0) is 13.9. The van der Waals surface area contributed by atoms with E-state index < -0.39 is 0 Å². The van der Waals surface area contributed by atoms with E-state index in [1.807, 2.05) is 10.3 Å². The number of hydrogen-bond donors (Lipinski definition) is 0. The summed E-state index contributed by atoms with van der Waals surface area (Å²) in [7, 11) is 0. The van der Waals surface area contributed by atoms with Crippen molar-refractivity contribution in [2.45, 2.75) is 19.3 Å². The van der Waals surface area contributed by atoms with Gasteiger partial charge in [-0.15, -0.1) is 11.3 Å². The minimum Gasteiger partial charge on any atom is -0.342 e. The second kappa shape index (κ2) is 5.71. The molecular formula is C15H15FN2OS. The molecular weight excluding hydrogens is 275 g/mol. The quantitative estimate of drug-likeness (QED) is 0.870. The van der Waals surface area contributed by atoms with Crippen LogP contribution in [0.1, 0.15) is 18.5 Å². The number of amides is 1. The zero-order valence-corrected chi connectivity index (χ0v) is 11.8. The van der Waals surface area contributed by atoms with Gasteiger partial charge in [0.05, 0.1) is 12.1 Å². The molecule has 1 saturated heterocycles. The van der Waals surface area contributed by atoms with E-state index in [0.717, 1.165) is 42.2 Å². The van der Waals surface area contributed by atoms with Crippen LogP contribution in [0.3, 0.4) is 0 Å². The van der Waals surface area contributed by atoms with Gasteiger partial charge in [-0.25, -0.2) is 9.37 Å². The van der Waals surface area contributed by atoms with Crippen molar-refractivity contribution in [3.8, 4) is 10.6 Å². The molecule has 0 saturated carbocycles. The first-order chi connectivity index (χ1) is 9.72. The highest BCUT2D eigenvalue weighted by atomic mass is 32.1. The fourth-order valence-corrected chi connectivity index (χ4v) is 3.17. The average Bonchev–Trinajstić information content (AvgIpc) is 3.10. The smallest absolute Gasteiger partial charge is 0.228 e. The molecule has 2 heterocycles. The molecule has 3 rings (SSSR count). The molecule has 1 aliphatic rings. The predicted octanol–water partition coefficient (Wildman–Crippen LogP) is 3.11. The van der Waals surface area contributed by atoms with E-state index in [2.05, 4.69) is 4.98 Å². The lowest BCUT2D eigenvalue weighted by Gasteiger charge is -2.13. The van der Waals surface area contributed by atoms with Crippen LogP contribution in [-0.2, 0) is 11.2 Å². The number of aromatic nitrogens is 1. The highest BCUT2D eigenvalue weighted by molar-refractivity contribution is 7.13. The molecule has 1 amide bonds. The van der Waals surface area contributed by atoms with E-state index in [4.69, 9.17) is 0 Å². The van der Waals surface area contributed by atoms with Crippen molar-refractivity contribution >= 4 is 17.2 Å². The van der Waals surface area contributed by atoms with E-state index in [1.165, 1.54) is 23.5 Å². The minimum atomic E-state index is -0.255. The second-order valence-electron chi connectivity index (χ2n) is 4.92. The van der Waals surface area contributed by atoms with Gasteiger partial charge in [0.25, 0.3) is 0 Å². The summed E-state index contributed by atoms with van der Waals surface area (Å²) >= 11 is 1.49. The lowest BCUT2D eigenvalue weighted by molar-refractivity contribution is -0.129. The number of halogens is 1. The van der Waals surface area contributed by atoms with Crippen molar-refractivity contribution in [3.63, 3.8) is 0 Å². The third kappa shape index (κ3) is 2.88. The first-order valence-electron chi connectivity index (χ1n) is 6.70. The number of rotatable bonds is 3. The van der Waals surface area contributed by atoms with Crippen LogP contribution in [0.15, 0.2) is 29.6 Å². The predicted molar refractivity (Wildman–Crippen MR) is 77.0 cm³/mol. The molecule has 1 aliphatic heterocycles. The second-order valence-corrected chi connectivity index (χ2v) is 5.77. The summed E-state index contributed by atoms with van der Waals surface area (Å²) in [5.41, 5.74) is 1.68. The van der Waals surface area contributed by atoms with Gasteiger partial charge in [-0.2, -0.15) is 0 Å². The maximum atomic E-state index is 12.9. The van der Waals surface area contributed by atoms with Crippen molar-refractivity contribution < 1.29 is 9.18 Å². The van der Waals surface area contributed by atoms with Crippen molar-refractivity contribution in [1.82, 2.24) is 9.88 Å². The standard InChI is InChI=1S/C15H15FN2OS/c16-12-5-3-11(4-6-12)15-17-13(10-20-15)9-14(19)18-7-1-2-8-18/h3-6,10H,1-2,7-9H2. The van der Waals surface area contributed by atoms with Crippen LogP contribution < -0.4 is 0 Å². The number of nitrogens with zero attached hydrogens (tertiary/aromatic N) is 2. The third-order valence-electron chi connectivity index (χ3n) is 3.43. The third-order valence-corrected chi connectivity index (χ3v) is 4.37. The van der Waals surface area contributed by atoms with Gasteiger partial charge in [0.15, 0.2) is 0 Å². The summed E-state index contributed by atoms with van der Waals surface area (Å²) in [6, 6.07) is 6.26. The number of thiazole rings is 1. The van der Waals surface area contributed by atoms with Crippen molar-refractivity contribution in [2.24, 2.45) is 0 Å². The number of likely N-dealkylation sites (tertiary alicyclic amines) is 1. The lowest BCUT2D eigenvalue weighted by Crippen LogP contribution is -2.29. The van der Waals surface area contributed by atoms with Gasteiger partial charge in [-0.05, 0) is 37.1 Å². The molecule has 0 radical (unpaired) electrons. The Balaban J connectivity index is 1.70. The molecule has 2 aromatic rings. The molecule has 0 spiro atoms. The lowest BCUT2D eigenvalue weighted by atomic mass is 10.2. The van der Waals surface area contributed by atoms with Crippen LogP contribution in [0.25, 0.3) is 10.6 Å². The molecule has 1 aromatic heterocycles. The highest BCUT2D eigenvalue weighted by Gasteiger charge is 2.19. The maximum absolute atomic E-state index is 12.9. The van der Waals surface area contributed by atoms with Gasteiger partial charge in [0.1, 0.15) is 10.8 Å². The number of carbonyl (C=O) groups excluding carboxylic acids is 1. The molecule has 20 heavy (non-hydrogen) atoms. The molecule has 0 unspecified atom stereocenters. The van der Waals surface area contributed by atoms with E-state index >= 15 is 0 Å². The first kappa shape index (κ1) is 13.2. The summed E-state index contributed by atoms with van der Waals surface area (Å²) in [6.45, 7) is 1.74. The monoisotopic (exact) mass is 290 g/mol. The molecule has 0 atom stereocenters. The molecule has 3 nitrogen and oxygen atoms in total. The Morgan fingerprint density at radius 2 is 1.95 bits per heavy atom. The van der Waals surface area contributed by atoms with Gasteiger partial charge >= 0.3 is 0 Å². The van der Waals surface area contributed by atoms with Crippen LogP contribution >= 0.6 is 11.3 Å². The SMILES string of the molecule is O=C(Cc1csc(-c2ccc(F)cc2)n1)N1CCCC1. The fourth-order valence-electron chi connectivity index (χ4n) is 2.35. The maximum Gasteiger partial charge on any atom is 0.228 e. The number of hydrogen-bond acceptors (Lipinski definition) is 3. The van der Waals surface area contributed by atoms with E-state index in [-0.39, 0.29) is 11.7 Å². The van der Waals surface area contributed by atoms with E-state index in [0.29, 0.717) is 6.42 Å². The Kier molecular flexibility index (Phi) is 3.78. The van der Waals surface area contributed by atoms with E-state index in [9.17, 15) is 9.18 Å². The molecule has 5 heteroatoms. The Hall–Kier alpha value is -1.75.